The Balaban J connectivity index is 1.79. The number of carbonyl (C=O) groups is 1. The Morgan fingerprint density at radius 1 is 1.09 bits per heavy atom. The third kappa shape index (κ3) is 4.84. The van der Waals surface area contributed by atoms with E-state index in [4.69, 9.17) is 0 Å². The second-order valence-electron chi connectivity index (χ2n) is 4.91. The number of hydrogen-bond acceptors (Lipinski definition) is 2. The van der Waals surface area contributed by atoms with Gasteiger partial charge in [0.2, 0.25) is 5.91 Å². The van der Waals surface area contributed by atoms with E-state index in [1.54, 1.807) is 42.3 Å². The first kappa shape index (κ1) is 16.5. The summed E-state index contributed by atoms with van der Waals surface area (Å²) in [6.45, 7) is 0.434. The molecule has 0 saturated carbocycles. The first-order valence-corrected chi connectivity index (χ1v) is 7.90. The molecule has 0 unspecified atom stereocenters. The number of hydrogen-bond donors (Lipinski definition) is 0. The van der Waals surface area contributed by atoms with Gasteiger partial charge in [0, 0.05) is 30.7 Å². The third-order valence-electron chi connectivity index (χ3n) is 3.17. The Morgan fingerprint density at radius 3 is 2.45 bits per heavy atom. The van der Waals surface area contributed by atoms with Crippen LogP contribution < -0.4 is 0 Å². The molecule has 2 aromatic carbocycles. The molecule has 0 atom stereocenters. The van der Waals surface area contributed by atoms with E-state index in [0.29, 0.717) is 23.6 Å². The molecule has 0 aliphatic carbocycles. The lowest BCUT2D eigenvalue weighted by Gasteiger charge is -2.17. The molecule has 0 fully saturated rings. The smallest absolute Gasteiger partial charge is 0.223 e. The van der Waals surface area contributed by atoms with Crippen molar-refractivity contribution in [1.82, 2.24) is 4.90 Å². The number of halogens is 2. The van der Waals surface area contributed by atoms with Crippen molar-refractivity contribution < 1.29 is 13.6 Å². The molecule has 22 heavy (non-hydrogen) atoms. The molecule has 0 bridgehead atoms. The van der Waals surface area contributed by atoms with Gasteiger partial charge in [-0.2, -0.15) is 0 Å². The highest BCUT2D eigenvalue weighted by atomic mass is 32.2. The van der Waals surface area contributed by atoms with Gasteiger partial charge in [-0.25, -0.2) is 8.78 Å². The highest BCUT2D eigenvalue weighted by molar-refractivity contribution is 7.99. The van der Waals surface area contributed by atoms with Crippen LogP contribution in [0.1, 0.15) is 12.0 Å². The number of nitrogens with zero attached hydrogens (tertiary/aromatic N) is 1. The molecular weight excluding hydrogens is 304 g/mol. The molecule has 0 spiro atoms. The van der Waals surface area contributed by atoms with E-state index in [0.717, 1.165) is 5.56 Å². The molecular formula is C17H17F2NOS. The lowest BCUT2D eigenvalue weighted by atomic mass is 10.2. The maximum absolute atomic E-state index is 13.4. The largest absolute Gasteiger partial charge is 0.341 e. The molecule has 0 aliphatic rings. The molecule has 2 aromatic rings. The van der Waals surface area contributed by atoms with Crippen molar-refractivity contribution in [2.45, 2.75) is 17.9 Å². The zero-order valence-corrected chi connectivity index (χ0v) is 13.1. The summed E-state index contributed by atoms with van der Waals surface area (Å²) in [5, 5.41) is 0. The van der Waals surface area contributed by atoms with Gasteiger partial charge < -0.3 is 4.90 Å². The van der Waals surface area contributed by atoms with Gasteiger partial charge in [0.25, 0.3) is 0 Å². The molecule has 116 valence electrons. The van der Waals surface area contributed by atoms with Crippen LogP contribution in [0, 0.1) is 11.6 Å². The van der Waals surface area contributed by atoms with Crippen molar-refractivity contribution in [1.29, 1.82) is 0 Å². The van der Waals surface area contributed by atoms with Crippen LogP contribution in [0.4, 0.5) is 8.78 Å². The maximum atomic E-state index is 13.4. The first-order valence-electron chi connectivity index (χ1n) is 6.92. The summed E-state index contributed by atoms with van der Waals surface area (Å²) in [6.07, 6.45) is 0.330. The summed E-state index contributed by atoms with van der Waals surface area (Å²) < 4.78 is 26.3. The van der Waals surface area contributed by atoms with Gasteiger partial charge in [0.05, 0.1) is 0 Å². The van der Waals surface area contributed by atoms with E-state index >= 15 is 0 Å². The molecule has 0 radical (unpaired) electrons. The summed E-state index contributed by atoms with van der Waals surface area (Å²) in [7, 11) is 1.71. The predicted molar refractivity (Wildman–Crippen MR) is 84.6 cm³/mol. The molecule has 0 aliphatic heterocycles. The Kier molecular flexibility index (Phi) is 5.95. The quantitative estimate of drug-likeness (QED) is 0.747. The standard InChI is InChI=1S/C17H17F2NOS/c1-20(12-13-6-8-14(18)9-7-13)17(21)10-11-22-16-5-3-2-4-15(16)19/h2-9H,10-12H2,1H3. The average Bonchev–Trinajstić information content (AvgIpc) is 2.51. The van der Waals surface area contributed by atoms with Crippen LogP contribution in [0.15, 0.2) is 53.4 Å². The van der Waals surface area contributed by atoms with Gasteiger partial charge in [-0.1, -0.05) is 24.3 Å². The molecule has 2 nitrogen and oxygen atoms in total. The highest BCUT2D eigenvalue weighted by Gasteiger charge is 2.10. The fraction of sp³-hybridized carbons (Fsp3) is 0.235. The van der Waals surface area contributed by atoms with Crippen molar-refractivity contribution >= 4 is 17.7 Å². The molecule has 1 amide bonds. The maximum Gasteiger partial charge on any atom is 0.223 e. The average molecular weight is 321 g/mol. The van der Waals surface area contributed by atoms with E-state index in [9.17, 15) is 13.6 Å². The molecule has 0 aromatic heterocycles. The van der Waals surface area contributed by atoms with Gasteiger partial charge >= 0.3 is 0 Å². The fourth-order valence-electron chi connectivity index (χ4n) is 1.95. The van der Waals surface area contributed by atoms with E-state index in [1.807, 2.05) is 0 Å². The van der Waals surface area contributed by atoms with Crippen molar-refractivity contribution in [2.75, 3.05) is 12.8 Å². The van der Waals surface area contributed by atoms with Crippen LogP contribution in [0.3, 0.4) is 0 Å². The first-order chi connectivity index (χ1) is 10.6. The second kappa shape index (κ2) is 7.94. The molecule has 0 N–H and O–H groups in total. The fourth-order valence-corrected chi connectivity index (χ4v) is 2.83. The van der Waals surface area contributed by atoms with E-state index in [-0.39, 0.29) is 17.5 Å². The Labute approximate surface area is 133 Å². The van der Waals surface area contributed by atoms with Crippen LogP contribution in [0.2, 0.25) is 0 Å². The van der Waals surface area contributed by atoms with Gasteiger partial charge in [-0.05, 0) is 29.8 Å². The summed E-state index contributed by atoms with van der Waals surface area (Å²) in [5.41, 5.74) is 0.874. The van der Waals surface area contributed by atoms with Crippen LogP contribution in [-0.2, 0) is 11.3 Å². The van der Waals surface area contributed by atoms with Crippen molar-refractivity contribution in [3.8, 4) is 0 Å². The topological polar surface area (TPSA) is 20.3 Å². The minimum absolute atomic E-state index is 0.0202. The van der Waals surface area contributed by atoms with Crippen molar-refractivity contribution in [2.24, 2.45) is 0 Å². The van der Waals surface area contributed by atoms with E-state index < -0.39 is 0 Å². The summed E-state index contributed by atoms with van der Waals surface area (Å²) >= 11 is 1.33. The van der Waals surface area contributed by atoms with E-state index in [2.05, 4.69) is 0 Å². The van der Waals surface area contributed by atoms with Crippen LogP contribution >= 0.6 is 11.8 Å². The SMILES string of the molecule is CN(Cc1ccc(F)cc1)C(=O)CCSc1ccccc1F. The van der Waals surface area contributed by atoms with Crippen LogP contribution in [0.5, 0.6) is 0 Å². The third-order valence-corrected chi connectivity index (χ3v) is 4.22. The monoisotopic (exact) mass is 321 g/mol. The normalized spacial score (nSPS) is 10.5. The van der Waals surface area contributed by atoms with Gasteiger partial charge in [0.1, 0.15) is 11.6 Å². The van der Waals surface area contributed by atoms with Gasteiger partial charge in [0.15, 0.2) is 0 Å². The summed E-state index contributed by atoms with van der Waals surface area (Å²) in [5.74, 6) is -0.0557. The minimum atomic E-state index is -0.293. The second-order valence-corrected chi connectivity index (χ2v) is 6.04. The molecule has 0 heterocycles. The number of rotatable bonds is 6. The number of carbonyl (C=O) groups excluding carboxylic acids is 1. The van der Waals surface area contributed by atoms with Gasteiger partial charge in [-0.15, -0.1) is 11.8 Å². The highest BCUT2D eigenvalue weighted by Crippen LogP contribution is 2.22. The predicted octanol–water partition coefficient (Wildman–Crippen LogP) is 4.11. The summed E-state index contributed by atoms with van der Waals surface area (Å²) in [6, 6.07) is 12.6. The van der Waals surface area contributed by atoms with Crippen molar-refractivity contribution in [3.05, 3.63) is 65.7 Å². The Bertz CT molecular complexity index is 631. The number of thioether (sulfide) groups is 1. The molecule has 0 saturated heterocycles. The van der Waals surface area contributed by atoms with Crippen molar-refractivity contribution in [3.63, 3.8) is 0 Å². The Hall–Kier alpha value is -1.88. The lowest BCUT2D eigenvalue weighted by molar-refractivity contribution is -0.129. The number of amides is 1. The minimum Gasteiger partial charge on any atom is -0.341 e. The van der Waals surface area contributed by atoms with Crippen LogP contribution in [0.25, 0.3) is 0 Å². The zero-order chi connectivity index (χ0) is 15.9. The Morgan fingerprint density at radius 2 is 1.77 bits per heavy atom. The van der Waals surface area contributed by atoms with E-state index in [1.165, 1.54) is 30.0 Å². The zero-order valence-electron chi connectivity index (χ0n) is 12.3. The summed E-state index contributed by atoms with van der Waals surface area (Å²) in [4.78, 5) is 14.2. The molecule has 2 rings (SSSR count). The number of benzene rings is 2. The van der Waals surface area contributed by atoms with Gasteiger partial charge in [-0.3, -0.25) is 4.79 Å². The molecule has 5 heteroatoms. The lowest BCUT2D eigenvalue weighted by Crippen LogP contribution is -2.26. The van der Waals surface area contributed by atoms with Crippen LogP contribution in [-0.4, -0.2) is 23.6 Å².